The molecule has 0 N–H and O–H groups in total. The summed E-state index contributed by atoms with van der Waals surface area (Å²) in [6, 6.07) is 3.08. The highest BCUT2D eigenvalue weighted by molar-refractivity contribution is 5.96. The van der Waals surface area contributed by atoms with Crippen LogP contribution in [0.25, 0.3) is 0 Å². The lowest BCUT2D eigenvalue weighted by Gasteiger charge is -2.39. The number of nitrogens with zero attached hydrogens (tertiary/aromatic N) is 8. The van der Waals surface area contributed by atoms with E-state index in [1.54, 1.807) is 27.7 Å². The maximum absolute atomic E-state index is 14.3. The summed E-state index contributed by atoms with van der Waals surface area (Å²) in [6.07, 6.45) is -0.137. The normalized spacial score (nSPS) is 13.9. The topological polar surface area (TPSA) is 198 Å². The van der Waals surface area contributed by atoms with Crippen LogP contribution >= 0.6 is 0 Å². The number of benzene rings is 1. The van der Waals surface area contributed by atoms with Crippen molar-refractivity contribution in [3.63, 3.8) is 0 Å². The smallest absolute Gasteiger partial charge is 0.410 e. The Morgan fingerprint density at radius 2 is 0.853 bits per heavy atom. The van der Waals surface area contributed by atoms with Crippen LogP contribution in [-0.2, 0) is 54.4 Å². The maximum atomic E-state index is 14.3. The van der Waals surface area contributed by atoms with E-state index >= 15 is 0 Å². The molecular formula is C49H82N8O11. The molecule has 0 fully saturated rings. The molecule has 0 aliphatic heterocycles. The van der Waals surface area contributed by atoms with Crippen LogP contribution in [0.4, 0.5) is 4.79 Å². The predicted octanol–water partition coefficient (Wildman–Crippen LogP) is 3.29. The third-order valence-corrected chi connectivity index (χ3v) is 12.4. The first-order chi connectivity index (χ1) is 31.4. The van der Waals surface area contributed by atoms with Crippen molar-refractivity contribution in [1.29, 1.82) is 0 Å². The molecule has 0 unspecified atom stereocenters. The Labute approximate surface area is 405 Å². The number of rotatable bonds is 24. The van der Waals surface area contributed by atoms with Gasteiger partial charge in [0.1, 0.15) is 42.9 Å². The standard InChI is InChI=1S/C49H82N8O11/c1-30(2)25-37(45(62)52(13)34(9)43(60)56(17)41(32(5)6)46(63)51(12)28-40(59)55(16)38(26-31(3)4)48(65)67-19)54(15)39(58)27-50(11)47(64)42(33(7)8)57(18)44(61)35(10)53(14)49(66)68-29-36-23-21-20-22-24-36/h20-24,30-35,37-38,41-42H,25-29H2,1-19H3/t34-,35-,37-,38-,41-,42-/m0/s1. The average molecular weight is 959 g/mol. The molecule has 1 rings (SSSR count). The van der Waals surface area contributed by atoms with Crippen LogP contribution in [-0.4, -0.2) is 205 Å². The number of esters is 1. The van der Waals surface area contributed by atoms with E-state index in [1.807, 2.05) is 58.0 Å². The molecule has 8 amide bonds. The van der Waals surface area contributed by atoms with Crippen molar-refractivity contribution in [2.24, 2.45) is 23.7 Å². The molecule has 0 bridgehead atoms. The summed E-state index contributed by atoms with van der Waals surface area (Å²) < 4.78 is 10.3. The molecule has 1 aromatic rings. The van der Waals surface area contributed by atoms with Crippen LogP contribution in [0.3, 0.4) is 0 Å². The lowest BCUT2D eigenvalue weighted by molar-refractivity contribution is -0.156. The van der Waals surface area contributed by atoms with Gasteiger partial charge in [-0.05, 0) is 55.9 Å². The van der Waals surface area contributed by atoms with Gasteiger partial charge in [-0.25, -0.2) is 9.59 Å². The molecule has 1 aromatic carbocycles. The Morgan fingerprint density at radius 1 is 0.471 bits per heavy atom. The number of carbonyl (C=O) groups is 9. The molecule has 384 valence electrons. The van der Waals surface area contributed by atoms with Gasteiger partial charge in [0, 0.05) is 56.4 Å². The third kappa shape index (κ3) is 16.5. The Kier molecular flexibility index (Phi) is 24.2. The minimum absolute atomic E-state index is 0.0144. The molecule has 6 atom stereocenters. The van der Waals surface area contributed by atoms with E-state index < -0.39 is 108 Å². The van der Waals surface area contributed by atoms with E-state index in [0.29, 0.717) is 6.42 Å². The van der Waals surface area contributed by atoms with Crippen LogP contribution in [0.1, 0.15) is 87.6 Å². The Bertz CT molecular complexity index is 1890. The van der Waals surface area contributed by atoms with E-state index in [-0.39, 0.29) is 31.4 Å². The van der Waals surface area contributed by atoms with Gasteiger partial charge >= 0.3 is 12.1 Å². The second-order valence-corrected chi connectivity index (χ2v) is 19.4. The van der Waals surface area contributed by atoms with Gasteiger partial charge in [0.2, 0.25) is 41.4 Å². The van der Waals surface area contributed by atoms with E-state index in [2.05, 4.69) is 0 Å². The fourth-order valence-electron chi connectivity index (χ4n) is 7.85. The van der Waals surface area contributed by atoms with Gasteiger partial charge in [-0.1, -0.05) is 85.7 Å². The van der Waals surface area contributed by atoms with Crippen molar-refractivity contribution in [2.75, 3.05) is 76.6 Å². The Hall–Kier alpha value is -5.75. The van der Waals surface area contributed by atoms with Gasteiger partial charge in [0.15, 0.2) is 0 Å². The number of hydrogen-bond donors (Lipinski definition) is 0. The molecule has 19 nitrogen and oxygen atoms in total. The molecule has 0 heterocycles. The fourth-order valence-corrected chi connectivity index (χ4v) is 7.85. The monoisotopic (exact) mass is 959 g/mol. The van der Waals surface area contributed by atoms with E-state index in [1.165, 1.54) is 112 Å². The Morgan fingerprint density at radius 3 is 1.24 bits per heavy atom. The first-order valence-electron chi connectivity index (χ1n) is 23.3. The van der Waals surface area contributed by atoms with Crippen LogP contribution in [0, 0.1) is 23.7 Å². The van der Waals surface area contributed by atoms with Gasteiger partial charge < -0.3 is 43.8 Å². The van der Waals surface area contributed by atoms with Gasteiger partial charge in [0.05, 0.1) is 20.2 Å². The number of carbonyl (C=O) groups excluding carboxylic acids is 9. The highest BCUT2D eigenvalue weighted by Gasteiger charge is 2.41. The van der Waals surface area contributed by atoms with Crippen LogP contribution in [0.5, 0.6) is 0 Å². The minimum Gasteiger partial charge on any atom is -0.467 e. The lowest BCUT2D eigenvalue weighted by atomic mass is 9.99. The summed E-state index contributed by atoms with van der Waals surface area (Å²) in [7, 11) is 12.9. The second-order valence-electron chi connectivity index (χ2n) is 19.4. The predicted molar refractivity (Wildman–Crippen MR) is 258 cm³/mol. The molecule has 0 saturated carbocycles. The van der Waals surface area contributed by atoms with Crippen molar-refractivity contribution in [1.82, 2.24) is 39.2 Å². The lowest BCUT2D eigenvalue weighted by Crippen LogP contribution is -2.59. The summed E-state index contributed by atoms with van der Waals surface area (Å²) in [5, 5.41) is 0. The Balaban J connectivity index is 3.20. The molecule has 19 heteroatoms. The van der Waals surface area contributed by atoms with Crippen molar-refractivity contribution in [3.05, 3.63) is 35.9 Å². The molecule has 0 saturated heterocycles. The van der Waals surface area contributed by atoms with E-state index in [4.69, 9.17) is 9.47 Å². The summed E-state index contributed by atoms with van der Waals surface area (Å²) in [5.41, 5.74) is 0.778. The highest BCUT2D eigenvalue weighted by Crippen LogP contribution is 2.21. The van der Waals surface area contributed by atoms with Crippen molar-refractivity contribution in [3.8, 4) is 0 Å². The van der Waals surface area contributed by atoms with E-state index in [0.717, 1.165) is 10.5 Å². The highest BCUT2D eigenvalue weighted by atomic mass is 16.6. The third-order valence-electron chi connectivity index (χ3n) is 12.4. The summed E-state index contributed by atoms with van der Waals surface area (Å²) in [5.74, 6) is -5.09. The van der Waals surface area contributed by atoms with Crippen LogP contribution in [0.15, 0.2) is 30.3 Å². The van der Waals surface area contributed by atoms with Gasteiger partial charge in [0.25, 0.3) is 0 Å². The summed E-state index contributed by atoms with van der Waals surface area (Å²) in [4.78, 5) is 133. The molecule has 0 aliphatic carbocycles. The largest absolute Gasteiger partial charge is 0.467 e. The zero-order chi connectivity index (χ0) is 52.7. The van der Waals surface area contributed by atoms with Crippen molar-refractivity contribution >= 4 is 53.4 Å². The quantitative estimate of drug-likeness (QED) is 0.138. The number of hydrogen-bond acceptors (Lipinski definition) is 11. The summed E-state index contributed by atoms with van der Waals surface area (Å²) in [6.45, 7) is 16.9. The van der Waals surface area contributed by atoms with Gasteiger partial charge in [-0.15, -0.1) is 0 Å². The van der Waals surface area contributed by atoms with Crippen molar-refractivity contribution < 1.29 is 52.6 Å². The molecule has 0 aromatic heterocycles. The zero-order valence-electron chi connectivity index (χ0n) is 44.3. The maximum Gasteiger partial charge on any atom is 0.410 e. The summed E-state index contributed by atoms with van der Waals surface area (Å²) >= 11 is 0. The number of methoxy groups -OCH3 is 1. The molecule has 68 heavy (non-hydrogen) atoms. The van der Waals surface area contributed by atoms with Gasteiger partial charge in [-0.3, -0.25) is 38.5 Å². The SMILES string of the molecule is COC(=O)[C@H](CC(C)C)N(C)C(=O)CN(C)C(=O)[C@H](C(C)C)N(C)C(=O)[C@H](C)N(C)C(=O)[C@H](CC(C)C)N(C)C(=O)CN(C)C(=O)[C@H](C(C)C)N(C)C(=O)[C@H](C)N(C)C(=O)OCc1ccccc1. The minimum atomic E-state index is -1.09. The van der Waals surface area contributed by atoms with Crippen molar-refractivity contribution in [2.45, 2.75) is 125 Å². The zero-order valence-corrected chi connectivity index (χ0v) is 44.3. The number of ether oxygens (including phenoxy) is 2. The molecular weight excluding hydrogens is 877 g/mol. The first kappa shape index (κ1) is 60.3. The average Bonchev–Trinajstić information content (AvgIpc) is 3.28. The number of amides is 8. The second kappa shape index (κ2) is 27.3. The van der Waals surface area contributed by atoms with Crippen LogP contribution in [0.2, 0.25) is 0 Å². The van der Waals surface area contributed by atoms with Crippen LogP contribution < -0.4 is 0 Å². The molecule has 0 spiro atoms. The van der Waals surface area contributed by atoms with E-state index in [9.17, 15) is 43.2 Å². The fraction of sp³-hybridized carbons (Fsp3) is 0.694. The number of likely N-dealkylation sites (N-methyl/N-ethyl adjacent to an activating group) is 8. The molecule has 0 aliphatic rings. The first-order valence-corrected chi connectivity index (χ1v) is 23.3. The molecule has 0 radical (unpaired) electrons. The van der Waals surface area contributed by atoms with Gasteiger partial charge in [-0.2, -0.15) is 0 Å².